The highest BCUT2D eigenvalue weighted by Crippen LogP contribution is 2.30. The Kier molecular flexibility index (Phi) is 4.72. The van der Waals surface area contributed by atoms with E-state index in [9.17, 15) is 4.79 Å². The second-order valence-electron chi connectivity index (χ2n) is 6.48. The summed E-state index contributed by atoms with van der Waals surface area (Å²) >= 11 is 9.54. The molecule has 0 saturated carbocycles. The summed E-state index contributed by atoms with van der Waals surface area (Å²) in [4.78, 5) is 22.5. The Morgan fingerprint density at radius 1 is 1.50 bits per heavy atom. The number of rotatable bonds is 1. The Labute approximate surface area is 153 Å². The van der Waals surface area contributed by atoms with Gasteiger partial charge in [-0.25, -0.2) is 14.8 Å². The van der Waals surface area contributed by atoms with E-state index in [4.69, 9.17) is 21.1 Å². The van der Waals surface area contributed by atoms with E-state index in [0.29, 0.717) is 40.8 Å². The number of aromatic nitrogens is 3. The fourth-order valence-electron chi connectivity index (χ4n) is 2.51. The predicted molar refractivity (Wildman–Crippen MR) is 92.2 cm³/mol. The van der Waals surface area contributed by atoms with Crippen LogP contribution in [0, 0.1) is 0 Å². The summed E-state index contributed by atoms with van der Waals surface area (Å²) in [6.45, 7) is 6.79. The third kappa shape index (κ3) is 3.50. The van der Waals surface area contributed by atoms with E-state index in [1.807, 2.05) is 25.2 Å². The Morgan fingerprint density at radius 2 is 2.25 bits per heavy atom. The molecular weight excluding hydrogens is 400 g/mol. The van der Waals surface area contributed by atoms with Gasteiger partial charge in [-0.2, -0.15) is 0 Å². The minimum absolute atomic E-state index is 0.350. The Morgan fingerprint density at radius 3 is 2.96 bits per heavy atom. The molecule has 1 amide bonds. The summed E-state index contributed by atoms with van der Waals surface area (Å²) in [5, 5.41) is 0.350. The van der Waals surface area contributed by atoms with E-state index in [1.165, 1.54) is 0 Å². The lowest BCUT2D eigenvalue weighted by atomic mass is 10.2. The van der Waals surface area contributed by atoms with Gasteiger partial charge >= 0.3 is 6.09 Å². The van der Waals surface area contributed by atoms with Gasteiger partial charge in [0.05, 0.1) is 13.2 Å². The van der Waals surface area contributed by atoms with Gasteiger partial charge < -0.3 is 14.4 Å². The molecule has 0 aromatic carbocycles. The quantitative estimate of drug-likeness (QED) is 0.711. The molecule has 24 heavy (non-hydrogen) atoms. The number of carbonyl (C=O) groups excluding carboxylic acids is 1. The first-order chi connectivity index (χ1) is 11.3. The van der Waals surface area contributed by atoms with Gasteiger partial charge in [0.25, 0.3) is 0 Å². The summed E-state index contributed by atoms with van der Waals surface area (Å²) in [7, 11) is 0. The molecule has 3 rings (SSSR count). The second kappa shape index (κ2) is 6.50. The fraction of sp³-hybridized carbons (Fsp3) is 0.533. The first kappa shape index (κ1) is 17.4. The van der Waals surface area contributed by atoms with Crippen LogP contribution >= 0.6 is 27.5 Å². The zero-order valence-corrected chi connectivity index (χ0v) is 16.0. The number of amides is 1. The van der Waals surface area contributed by atoms with Gasteiger partial charge in [-0.05, 0) is 36.7 Å². The zero-order valence-electron chi connectivity index (χ0n) is 13.6. The normalized spacial score (nSPS) is 18.9. The average molecular weight is 418 g/mol. The van der Waals surface area contributed by atoms with Crippen molar-refractivity contribution >= 4 is 39.1 Å². The Bertz CT molecular complexity index is 774. The Balaban J connectivity index is 1.86. The van der Waals surface area contributed by atoms with E-state index in [1.54, 1.807) is 17.3 Å². The van der Waals surface area contributed by atoms with Gasteiger partial charge in [0, 0.05) is 18.9 Å². The molecule has 130 valence electrons. The van der Waals surface area contributed by atoms with Crippen LogP contribution in [0.5, 0.6) is 0 Å². The number of fused-ring (bicyclic) bond motifs is 1. The Hall–Kier alpha value is -1.38. The first-order valence-corrected chi connectivity index (χ1v) is 8.71. The van der Waals surface area contributed by atoms with Crippen molar-refractivity contribution in [2.24, 2.45) is 0 Å². The fourth-order valence-corrected chi connectivity index (χ4v) is 3.42. The number of carbonyl (C=O) groups is 1. The summed E-state index contributed by atoms with van der Waals surface area (Å²) in [5.41, 5.74) is 0.139. The summed E-state index contributed by atoms with van der Waals surface area (Å²) in [6, 6.07) is 0. The van der Waals surface area contributed by atoms with Crippen molar-refractivity contribution in [1.82, 2.24) is 19.3 Å². The number of ether oxygens (including phenoxy) is 2. The molecule has 1 aliphatic heterocycles. The zero-order chi connectivity index (χ0) is 17.5. The largest absolute Gasteiger partial charge is 0.444 e. The molecule has 0 bridgehead atoms. The lowest BCUT2D eigenvalue weighted by molar-refractivity contribution is -0.0464. The number of hydrogen-bond acceptors (Lipinski definition) is 5. The molecule has 1 fully saturated rings. The minimum Gasteiger partial charge on any atom is -0.444 e. The third-order valence-corrected chi connectivity index (χ3v) is 4.33. The molecule has 3 heterocycles. The van der Waals surface area contributed by atoms with Gasteiger partial charge in [0.1, 0.15) is 27.6 Å². The molecule has 1 aliphatic rings. The number of imidazole rings is 1. The van der Waals surface area contributed by atoms with Crippen LogP contribution in [0.15, 0.2) is 17.0 Å². The molecule has 0 N–H and O–H groups in total. The van der Waals surface area contributed by atoms with Crippen molar-refractivity contribution < 1.29 is 14.3 Å². The molecule has 0 aliphatic carbocycles. The van der Waals surface area contributed by atoms with E-state index >= 15 is 0 Å². The van der Waals surface area contributed by atoms with Crippen molar-refractivity contribution in [1.29, 1.82) is 0 Å². The van der Waals surface area contributed by atoms with Crippen molar-refractivity contribution in [3.05, 3.63) is 28.0 Å². The van der Waals surface area contributed by atoms with Crippen molar-refractivity contribution in [2.45, 2.75) is 32.5 Å². The van der Waals surface area contributed by atoms with Crippen molar-refractivity contribution in [3.63, 3.8) is 0 Å². The van der Waals surface area contributed by atoms with E-state index in [0.717, 1.165) is 0 Å². The highest BCUT2D eigenvalue weighted by Gasteiger charge is 2.31. The average Bonchev–Trinajstić information content (AvgIpc) is 2.84. The predicted octanol–water partition coefficient (Wildman–Crippen LogP) is 3.45. The number of morpholine rings is 1. The highest BCUT2D eigenvalue weighted by atomic mass is 79.9. The summed E-state index contributed by atoms with van der Waals surface area (Å²) in [6.07, 6.45) is 2.64. The van der Waals surface area contributed by atoms with Gasteiger partial charge in [0.2, 0.25) is 0 Å². The van der Waals surface area contributed by atoms with Crippen LogP contribution in [-0.4, -0.2) is 50.7 Å². The molecule has 1 unspecified atom stereocenters. The van der Waals surface area contributed by atoms with Crippen LogP contribution in [0.3, 0.4) is 0 Å². The maximum atomic E-state index is 12.3. The molecule has 2 aromatic heterocycles. The molecule has 1 atom stereocenters. The second-order valence-corrected chi connectivity index (χ2v) is 7.59. The van der Waals surface area contributed by atoms with Gasteiger partial charge in [-0.3, -0.25) is 4.40 Å². The minimum atomic E-state index is -0.535. The van der Waals surface area contributed by atoms with Crippen LogP contribution in [0.25, 0.3) is 5.52 Å². The van der Waals surface area contributed by atoms with Crippen LogP contribution in [0.1, 0.15) is 32.7 Å². The molecule has 2 aromatic rings. The molecule has 0 spiro atoms. The van der Waals surface area contributed by atoms with Gasteiger partial charge in [-0.15, -0.1) is 0 Å². The molecule has 9 heteroatoms. The number of halogens is 2. The maximum Gasteiger partial charge on any atom is 0.410 e. The summed E-state index contributed by atoms with van der Waals surface area (Å²) in [5.74, 6) is 0.662. The smallest absolute Gasteiger partial charge is 0.410 e. The molecular formula is C15H18BrClN4O3. The molecule has 7 nitrogen and oxygen atoms in total. The van der Waals surface area contributed by atoms with E-state index in [-0.39, 0.29) is 12.2 Å². The van der Waals surface area contributed by atoms with Crippen LogP contribution in [0.4, 0.5) is 4.79 Å². The number of hydrogen-bond donors (Lipinski definition) is 0. The third-order valence-electron chi connectivity index (χ3n) is 3.50. The lowest BCUT2D eigenvalue weighted by Crippen LogP contribution is -2.45. The van der Waals surface area contributed by atoms with Gasteiger partial charge in [0.15, 0.2) is 5.15 Å². The molecule has 0 radical (unpaired) electrons. The van der Waals surface area contributed by atoms with E-state index < -0.39 is 5.60 Å². The maximum absolute atomic E-state index is 12.3. The van der Waals surface area contributed by atoms with Gasteiger partial charge in [-0.1, -0.05) is 11.6 Å². The van der Waals surface area contributed by atoms with Crippen LogP contribution in [-0.2, 0) is 9.47 Å². The highest BCUT2D eigenvalue weighted by molar-refractivity contribution is 9.10. The summed E-state index contributed by atoms with van der Waals surface area (Å²) < 4.78 is 13.7. The first-order valence-electron chi connectivity index (χ1n) is 7.54. The number of nitrogens with zero attached hydrogens (tertiary/aromatic N) is 4. The van der Waals surface area contributed by atoms with Crippen LogP contribution < -0.4 is 0 Å². The SMILES string of the molecule is CC(C)(C)OC(=O)N1CCOC(c2nc(Br)c3c(Cl)nccn23)C1. The topological polar surface area (TPSA) is 69.0 Å². The molecule has 1 saturated heterocycles. The van der Waals surface area contributed by atoms with Crippen molar-refractivity contribution in [3.8, 4) is 0 Å². The van der Waals surface area contributed by atoms with E-state index in [2.05, 4.69) is 25.9 Å². The lowest BCUT2D eigenvalue weighted by Gasteiger charge is -2.33. The van der Waals surface area contributed by atoms with Crippen LogP contribution in [0.2, 0.25) is 5.15 Å². The standard InChI is InChI=1S/C15H18BrClN4O3/c1-15(2,3)24-14(22)20-6-7-23-9(8-20)13-19-11(16)10-12(17)18-4-5-21(10)13/h4-5,9H,6-8H2,1-3H3. The monoisotopic (exact) mass is 416 g/mol. The van der Waals surface area contributed by atoms with Crippen molar-refractivity contribution in [2.75, 3.05) is 19.7 Å².